The number of hydrogen-bond acceptors (Lipinski definition) is 5. The van der Waals surface area contributed by atoms with Crippen molar-refractivity contribution in [3.63, 3.8) is 0 Å². The van der Waals surface area contributed by atoms with Gasteiger partial charge in [-0.3, -0.25) is 4.79 Å². The predicted molar refractivity (Wildman–Crippen MR) is 94.6 cm³/mol. The Hall–Kier alpha value is -2.93. The molecule has 3 rings (SSSR count). The van der Waals surface area contributed by atoms with Gasteiger partial charge >= 0.3 is 5.97 Å². The molecule has 0 spiro atoms. The lowest BCUT2D eigenvalue weighted by molar-refractivity contribution is -0.120. The van der Waals surface area contributed by atoms with E-state index in [1.54, 1.807) is 24.3 Å². The first-order valence-electron chi connectivity index (χ1n) is 7.52. The van der Waals surface area contributed by atoms with Crippen molar-refractivity contribution in [2.75, 3.05) is 13.7 Å². The number of aryl methyl sites for hydroxylation is 1. The molecule has 0 bridgehead atoms. The molecule has 128 valence electrons. The van der Waals surface area contributed by atoms with Crippen molar-refractivity contribution >= 4 is 33.4 Å². The van der Waals surface area contributed by atoms with Gasteiger partial charge in [0.05, 0.1) is 22.9 Å². The molecule has 25 heavy (non-hydrogen) atoms. The van der Waals surface area contributed by atoms with Crippen LogP contribution in [0.5, 0.6) is 5.75 Å². The van der Waals surface area contributed by atoms with Crippen LogP contribution in [0.3, 0.4) is 0 Å². The number of carbonyl (C=O) groups excluding carboxylic acids is 2. The number of methoxy groups -OCH3 is 1. The molecular formula is C18H16N2O4S. The zero-order chi connectivity index (χ0) is 17.8. The molecule has 2 aromatic carbocycles. The molecule has 1 amide bonds. The van der Waals surface area contributed by atoms with E-state index in [0.717, 1.165) is 10.2 Å². The highest BCUT2D eigenvalue weighted by molar-refractivity contribution is 7.16. The normalized spacial score (nSPS) is 11.5. The fourth-order valence-electron chi connectivity index (χ4n) is 2.29. The van der Waals surface area contributed by atoms with E-state index in [2.05, 4.69) is 4.99 Å². The molecule has 0 unspecified atom stereocenters. The predicted octanol–water partition coefficient (Wildman–Crippen LogP) is 2.53. The minimum Gasteiger partial charge on any atom is -0.484 e. The SMILES string of the molecule is COC(=O)c1ccc2c(c1)sc(=NC(=O)COc1ccccc1)n2C. The molecule has 0 aliphatic heterocycles. The van der Waals surface area contributed by atoms with E-state index in [1.165, 1.54) is 18.4 Å². The number of carbonyl (C=O) groups is 2. The fourth-order valence-corrected chi connectivity index (χ4v) is 3.36. The molecule has 7 heteroatoms. The molecule has 1 heterocycles. The van der Waals surface area contributed by atoms with Crippen LogP contribution >= 0.6 is 11.3 Å². The molecule has 0 aliphatic carbocycles. The van der Waals surface area contributed by atoms with Crippen LogP contribution in [-0.4, -0.2) is 30.2 Å². The Morgan fingerprint density at radius 3 is 2.64 bits per heavy atom. The number of esters is 1. The quantitative estimate of drug-likeness (QED) is 0.674. The summed E-state index contributed by atoms with van der Waals surface area (Å²) >= 11 is 1.33. The topological polar surface area (TPSA) is 69.9 Å². The zero-order valence-corrected chi connectivity index (χ0v) is 14.6. The van der Waals surface area contributed by atoms with Crippen molar-refractivity contribution in [3.05, 3.63) is 58.9 Å². The summed E-state index contributed by atoms with van der Waals surface area (Å²) in [5.74, 6) is -0.155. The fraction of sp³-hybridized carbons (Fsp3) is 0.167. The maximum Gasteiger partial charge on any atom is 0.337 e. The molecule has 0 aliphatic rings. The van der Waals surface area contributed by atoms with Crippen LogP contribution < -0.4 is 9.54 Å². The van der Waals surface area contributed by atoms with Gasteiger partial charge in [-0.25, -0.2) is 4.79 Å². The Bertz CT molecular complexity index is 989. The Labute approximate surface area is 148 Å². The van der Waals surface area contributed by atoms with Crippen molar-refractivity contribution in [2.24, 2.45) is 12.0 Å². The first-order chi connectivity index (χ1) is 12.1. The standard InChI is InChI=1S/C18H16N2O4S/c1-20-14-9-8-12(17(22)23-2)10-15(14)25-18(20)19-16(21)11-24-13-6-4-3-5-7-13/h3-10H,11H2,1-2H3. The van der Waals surface area contributed by atoms with Crippen LogP contribution in [0, 0.1) is 0 Å². The van der Waals surface area contributed by atoms with Crippen LogP contribution in [0.1, 0.15) is 10.4 Å². The smallest absolute Gasteiger partial charge is 0.337 e. The van der Waals surface area contributed by atoms with Gasteiger partial charge in [0.15, 0.2) is 11.4 Å². The highest BCUT2D eigenvalue weighted by Crippen LogP contribution is 2.19. The average molecular weight is 356 g/mol. The van der Waals surface area contributed by atoms with Crippen molar-refractivity contribution in [1.29, 1.82) is 0 Å². The first kappa shape index (κ1) is 16.9. The summed E-state index contributed by atoms with van der Waals surface area (Å²) in [4.78, 5) is 28.3. The summed E-state index contributed by atoms with van der Waals surface area (Å²) in [6, 6.07) is 14.3. The van der Waals surface area contributed by atoms with E-state index in [-0.39, 0.29) is 12.5 Å². The van der Waals surface area contributed by atoms with Crippen LogP contribution in [-0.2, 0) is 16.6 Å². The van der Waals surface area contributed by atoms with Gasteiger partial charge in [0.1, 0.15) is 5.75 Å². The lowest BCUT2D eigenvalue weighted by atomic mass is 10.2. The molecule has 0 radical (unpaired) electrons. The van der Waals surface area contributed by atoms with Crippen molar-refractivity contribution in [3.8, 4) is 5.75 Å². The van der Waals surface area contributed by atoms with Crippen LogP contribution in [0.25, 0.3) is 10.2 Å². The van der Waals surface area contributed by atoms with Crippen molar-refractivity contribution in [1.82, 2.24) is 4.57 Å². The van der Waals surface area contributed by atoms with E-state index in [9.17, 15) is 9.59 Å². The highest BCUT2D eigenvalue weighted by Gasteiger charge is 2.10. The highest BCUT2D eigenvalue weighted by atomic mass is 32.1. The Morgan fingerprint density at radius 1 is 1.16 bits per heavy atom. The molecule has 1 aromatic heterocycles. The number of rotatable bonds is 4. The van der Waals surface area contributed by atoms with Gasteiger partial charge in [0.2, 0.25) is 0 Å². The maximum absolute atomic E-state index is 12.1. The van der Waals surface area contributed by atoms with Gasteiger partial charge in [0.25, 0.3) is 5.91 Å². The summed E-state index contributed by atoms with van der Waals surface area (Å²) in [6.45, 7) is -0.133. The number of hydrogen-bond donors (Lipinski definition) is 0. The number of para-hydroxylation sites is 1. The van der Waals surface area contributed by atoms with E-state index >= 15 is 0 Å². The van der Waals surface area contributed by atoms with Gasteiger partial charge in [-0.2, -0.15) is 4.99 Å². The lowest BCUT2D eigenvalue weighted by Crippen LogP contribution is -2.17. The summed E-state index contributed by atoms with van der Waals surface area (Å²) in [5, 5.41) is 0. The molecule has 0 fully saturated rings. The second kappa shape index (κ2) is 7.31. The molecule has 0 saturated heterocycles. The van der Waals surface area contributed by atoms with Gasteiger partial charge < -0.3 is 14.0 Å². The number of ether oxygens (including phenoxy) is 2. The largest absolute Gasteiger partial charge is 0.484 e. The molecule has 0 saturated carbocycles. The zero-order valence-electron chi connectivity index (χ0n) is 13.8. The number of aromatic nitrogens is 1. The summed E-state index contributed by atoms with van der Waals surface area (Å²) < 4.78 is 12.8. The van der Waals surface area contributed by atoms with Crippen molar-refractivity contribution < 1.29 is 19.1 Å². The number of amides is 1. The molecule has 6 nitrogen and oxygen atoms in total. The van der Waals surface area contributed by atoms with E-state index in [0.29, 0.717) is 16.1 Å². The monoisotopic (exact) mass is 356 g/mol. The van der Waals surface area contributed by atoms with Gasteiger partial charge in [-0.15, -0.1) is 0 Å². The second-order valence-electron chi connectivity index (χ2n) is 5.23. The van der Waals surface area contributed by atoms with Crippen molar-refractivity contribution in [2.45, 2.75) is 0 Å². The van der Waals surface area contributed by atoms with Crippen LogP contribution in [0.4, 0.5) is 0 Å². The average Bonchev–Trinajstić information content (AvgIpc) is 2.95. The molecule has 0 N–H and O–H groups in total. The van der Waals surface area contributed by atoms with Gasteiger partial charge in [0, 0.05) is 7.05 Å². The number of nitrogens with zero attached hydrogens (tertiary/aromatic N) is 2. The minimum absolute atomic E-state index is 0.133. The van der Waals surface area contributed by atoms with E-state index < -0.39 is 5.97 Å². The number of thiazole rings is 1. The third-order valence-corrected chi connectivity index (χ3v) is 4.65. The Balaban J connectivity index is 1.84. The maximum atomic E-state index is 12.1. The van der Waals surface area contributed by atoms with Gasteiger partial charge in [-0.05, 0) is 30.3 Å². The van der Waals surface area contributed by atoms with E-state index in [4.69, 9.17) is 9.47 Å². The van der Waals surface area contributed by atoms with Crippen LogP contribution in [0.2, 0.25) is 0 Å². The Morgan fingerprint density at radius 2 is 1.92 bits per heavy atom. The summed E-state index contributed by atoms with van der Waals surface area (Å²) in [6.07, 6.45) is 0. The minimum atomic E-state index is -0.399. The molecule has 0 atom stereocenters. The number of benzene rings is 2. The second-order valence-corrected chi connectivity index (χ2v) is 6.23. The third kappa shape index (κ3) is 3.77. The van der Waals surface area contributed by atoms with Crippen LogP contribution in [0.15, 0.2) is 53.5 Å². The molecule has 3 aromatic rings. The summed E-state index contributed by atoms with van der Waals surface area (Å²) in [5.41, 5.74) is 1.34. The molecular weight excluding hydrogens is 340 g/mol. The Kier molecular flexibility index (Phi) is 4.95. The van der Waals surface area contributed by atoms with E-state index in [1.807, 2.05) is 35.9 Å². The summed E-state index contributed by atoms with van der Waals surface area (Å²) in [7, 11) is 3.16. The van der Waals surface area contributed by atoms with Gasteiger partial charge in [-0.1, -0.05) is 29.5 Å². The number of fused-ring (bicyclic) bond motifs is 1. The third-order valence-electron chi connectivity index (χ3n) is 3.56. The lowest BCUT2D eigenvalue weighted by Gasteiger charge is -2.02. The first-order valence-corrected chi connectivity index (χ1v) is 8.33.